The number of carbonyl (C=O) groups is 2. The lowest BCUT2D eigenvalue weighted by Crippen LogP contribution is -2.33. The standard InChI is InChI=1S/C23H30N2O7S/c1-14(2)33-13-12-32-23(27)20-16(4)24-15(3)19(22(26)31-11-10-30-5)21(20)17-8-6-7-9-18(17)25(28)29/h6-9,14,21,24H,10-13H2,1-5H3. The smallest absolute Gasteiger partial charge is 0.336 e. The molecule has 0 amide bonds. The maximum atomic E-state index is 13.2. The van der Waals surface area contributed by atoms with Crippen LogP contribution in [0.15, 0.2) is 46.8 Å². The monoisotopic (exact) mass is 478 g/mol. The highest BCUT2D eigenvalue weighted by Gasteiger charge is 2.40. The summed E-state index contributed by atoms with van der Waals surface area (Å²) in [4.78, 5) is 37.4. The minimum atomic E-state index is -1.02. The molecular formula is C23H30N2O7S. The maximum Gasteiger partial charge on any atom is 0.336 e. The van der Waals surface area contributed by atoms with E-state index in [1.54, 1.807) is 37.7 Å². The minimum absolute atomic E-state index is 0.00458. The number of rotatable bonds is 11. The van der Waals surface area contributed by atoms with E-state index in [9.17, 15) is 19.7 Å². The molecule has 1 unspecified atom stereocenters. The first-order valence-electron chi connectivity index (χ1n) is 10.6. The zero-order valence-electron chi connectivity index (χ0n) is 19.5. The summed E-state index contributed by atoms with van der Waals surface area (Å²) >= 11 is 1.65. The maximum absolute atomic E-state index is 13.2. The average Bonchev–Trinajstić information content (AvgIpc) is 2.75. The number of dihydropyridines is 1. The summed E-state index contributed by atoms with van der Waals surface area (Å²) in [6.45, 7) is 7.81. The van der Waals surface area contributed by atoms with Crippen LogP contribution in [0.2, 0.25) is 0 Å². The van der Waals surface area contributed by atoms with Crippen LogP contribution in [0, 0.1) is 10.1 Å². The summed E-state index contributed by atoms with van der Waals surface area (Å²) in [5.74, 6) is -1.73. The molecule has 0 bridgehead atoms. The van der Waals surface area contributed by atoms with E-state index >= 15 is 0 Å². The van der Waals surface area contributed by atoms with Gasteiger partial charge in [-0.25, -0.2) is 9.59 Å². The normalized spacial score (nSPS) is 16.0. The molecule has 1 aliphatic heterocycles. The van der Waals surface area contributed by atoms with Gasteiger partial charge in [-0.3, -0.25) is 10.1 Å². The first-order valence-corrected chi connectivity index (χ1v) is 11.6. The molecule has 180 valence electrons. The van der Waals surface area contributed by atoms with Crippen LogP contribution in [0.1, 0.15) is 39.2 Å². The molecule has 0 saturated heterocycles. The summed E-state index contributed by atoms with van der Waals surface area (Å²) in [6, 6.07) is 6.05. The van der Waals surface area contributed by atoms with Crippen molar-refractivity contribution >= 4 is 29.4 Å². The van der Waals surface area contributed by atoms with Crippen molar-refractivity contribution in [2.75, 3.05) is 32.7 Å². The molecule has 0 aliphatic carbocycles. The lowest BCUT2D eigenvalue weighted by Gasteiger charge is -2.30. The number of nitrogens with one attached hydrogen (secondary N) is 1. The van der Waals surface area contributed by atoms with Crippen molar-refractivity contribution in [3.05, 3.63) is 62.5 Å². The summed E-state index contributed by atoms with van der Waals surface area (Å²) in [5, 5.41) is 15.2. The molecule has 2 rings (SSSR count). The molecule has 1 heterocycles. The second kappa shape index (κ2) is 12.4. The van der Waals surface area contributed by atoms with E-state index in [-0.39, 0.29) is 42.2 Å². The van der Waals surface area contributed by atoms with Crippen LogP contribution in [-0.2, 0) is 23.8 Å². The van der Waals surface area contributed by atoms with Crippen LogP contribution < -0.4 is 5.32 Å². The summed E-state index contributed by atoms with van der Waals surface area (Å²) in [5.41, 5.74) is 1.19. The lowest BCUT2D eigenvalue weighted by molar-refractivity contribution is -0.385. The molecule has 0 fully saturated rings. The molecule has 10 heteroatoms. The molecule has 1 atom stereocenters. The SMILES string of the molecule is COCCOC(=O)C1=C(C)NC(C)=C(C(=O)OCCSC(C)C)C1c1ccccc1[N+](=O)[O-]. The zero-order valence-corrected chi connectivity index (χ0v) is 20.3. The number of para-hydroxylation sites is 1. The molecule has 33 heavy (non-hydrogen) atoms. The predicted octanol–water partition coefficient (Wildman–Crippen LogP) is 3.70. The van der Waals surface area contributed by atoms with E-state index in [0.717, 1.165) is 0 Å². The van der Waals surface area contributed by atoms with Crippen molar-refractivity contribution in [1.29, 1.82) is 0 Å². The molecule has 1 aromatic carbocycles. The Balaban J connectivity index is 2.51. The van der Waals surface area contributed by atoms with E-state index in [1.165, 1.54) is 19.2 Å². The number of nitro groups is 1. The highest BCUT2D eigenvalue weighted by atomic mass is 32.2. The second-order valence-electron chi connectivity index (χ2n) is 7.64. The Labute approximate surface area is 197 Å². The van der Waals surface area contributed by atoms with Gasteiger partial charge in [0.25, 0.3) is 5.69 Å². The number of nitro benzene ring substituents is 1. The van der Waals surface area contributed by atoms with Crippen LogP contribution in [0.5, 0.6) is 0 Å². The Morgan fingerprint density at radius 2 is 1.64 bits per heavy atom. The fourth-order valence-corrected chi connectivity index (χ4v) is 4.19. The summed E-state index contributed by atoms with van der Waals surface area (Å²) in [6.07, 6.45) is 0. The third kappa shape index (κ3) is 6.82. The third-order valence-corrected chi connectivity index (χ3v) is 6.00. The number of hydrogen-bond acceptors (Lipinski definition) is 9. The van der Waals surface area contributed by atoms with E-state index in [2.05, 4.69) is 5.32 Å². The number of carbonyl (C=O) groups excluding carboxylic acids is 2. The lowest BCUT2D eigenvalue weighted by atomic mass is 9.79. The summed E-state index contributed by atoms with van der Waals surface area (Å²) < 4.78 is 15.7. The second-order valence-corrected chi connectivity index (χ2v) is 9.32. The van der Waals surface area contributed by atoms with Crippen molar-refractivity contribution in [2.24, 2.45) is 0 Å². The molecule has 0 aromatic heterocycles. The molecule has 0 saturated carbocycles. The van der Waals surface area contributed by atoms with Gasteiger partial charge in [-0.2, -0.15) is 11.8 Å². The number of esters is 2. The number of thioether (sulfide) groups is 1. The summed E-state index contributed by atoms with van der Waals surface area (Å²) in [7, 11) is 1.48. The Kier molecular flexibility index (Phi) is 9.93. The number of ether oxygens (including phenoxy) is 3. The van der Waals surface area contributed by atoms with E-state index in [4.69, 9.17) is 14.2 Å². The minimum Gasteiger partial charge on any atom is -0.461 e. The Morgan fingerprint density at radius 3 is 2.18 bits per heavy atom. The van der Waals surface area contributed by atoms with Crippen LogP contribution in [-0.4, -0.2) is 54.8 Å². The van der Waals surface area contributed by atoms with Gasteiger partial charge >= 0.3 is 11.9 Å². The van der Waals surface area contributed by atoms with Crippen LogP contribution >= 0.6 is 11.8 Å². The largest absolute Gasteiger partial charge is 0.461 e. The van der Waals surface area contributed by atoms with Gasteiger partial charge in [0.1, 0.15) is 13.2 Å². The molecule has 0 spiro atoms. The third-order valence-electron chi connectivity index (χ3n) is 4.93. The van der Waals surface area contributed by atoms with Crippen LogP contribution in [0.3, 0.4) is 0 Å². The first-order chi connectivity index (χ1) is 15.7. The van der Waals surface area contributed by atoms with Crippen molar-refractivity contribution < 1.29 is 28.7 Å². The topological polar surface area (TPSA) is 117 Å². The number of benzene rings is 1. The van der Waals surface area contributed by atoms with E-state index < -0.39 is 22.8 Å². The number of allylic oxidation sites excluding steroid dienone is 2. The van der Waals surface area contributed by atoms with Gasteiger partial charge in [0.05, 0.1) is 28.6 Å². The first kappa shape index (κ1) is 26.4. The number of nitrogens with zero attached hydrogens (tertiary/aromatic N) is 1. The van der Waals surface area contributed by atoms with Gasteiger partial charge in [0.2, 0.25) is 0 Å². The molecule has 1 aliphatic rings. The Morgan fingerprint density at radius 1 is 1.06 bits per heavy atom. The Bertz CT molecular complexity index is 956. The van der Waals surface area contributed by atoms with Crippen LogP contribution in [0.4, 0.5) is 5.69 Å². The quantitative estimate of drug-likeness (QED) is 0.220. The van der Waals surface area contributed by atoms with Crippen molar-refractivity contribution in [3.8, 4) is 0 Å². The average molecular weight is 479 g/mol. The number of hydrogen-bond donors (Lipinski definition) is 1. The van der Waals surface area contributed by atoms with Gasteiger partial charge in [0, 0.05) is 35.9 Å². The molecular weight excluding hydrogens is 448 g/mol. The van der Waals surface area contributed by atoms with E-state index in [1.807, 2.05) is 13.8 Å². The van der Waals surface area contributed by atoms with Gasteiger partial charge in [-0.1, -0.05) is 32.0 Å². The van der Waals surface area contributed by atoms with Gasteiger partial charge in [0.15, 0.2) is 0 Å². The molecule has 1 aromatic rings. The zero-order chi connectivity index (χ0) is 24.5. The number of methoxy groups -OCH3 is 1. The van der Waals surface area contributed by atoms with Crippen molar-refractivity contribution in [2.45, 2.75) is 38.9 Å². The van der Waals surface area contributed by atoms with Gasteiger partial charge < -0.3 is 19.5 Å². The van der Waals surface area contributed by atoms with Crippen molar-refractivity contribution in [1.82, 2.24) is 5.32 Å². The van der Waals surface area contributed by atoms with Gasteiger partial charge in [-0.05, 0) is 19.1 Å². The molecule has 0 radical (unpaired) electrons. The van der Waals surface area contributed by atoms with E-state index in [0.29, 0.717) is 22.4 Å². The van der Waals surface area contributed by atoms with Gasteiger partial charge in [-0.15, -0.1) is 0 Å². The van der Waals surface area contributed by atoms with Crippen LogP contribution in [0.25, 0.3) is 0 Å². The Hall–Kier alpha value is -2.85. The molecule has 1 N–H and O–H groups in total. The molecule has 9 nitrogen and oxygen atoms in total. The highest BCUT2D eigenvalue weighted by Crippen LogP contribution is 2.42. The highest BCUT2D eigenvalue weighted by molar-refractivity contribution is 7.99. The van der Waals surface area contributed by atoms with Crippen molar-refractivity contribution in [3.63, 3.8) is 0 Å². The fraction of sp³-hybridized carbons (Fsp3) is 0.478. The fourth-order valence-electron chi connectivity index (χ4n) is 3.54. The predicted molar refractivity (Wildman–Crippen MR) is 126 cm³/mol.